The van der Waals surface area contributed by atoms with Gasteiger partial charge in [0.15, 0.2) is 0 Å². The van der Waals surface area contributed by atoms with E-state index in [2.05, 4.69) is 37.0 Å². The lowest BCUT2D eigenvalue weighted by Crippen LogP contribution is -2.35. The minimum atomic E-state index is 0.121. The molecule has 3 nitrogen and oxygen atoms in total. The monoisotopic (exact) mass is 318 g/mol. The molecule has 0 fully saturated rings. The molecule has 4 rings (SSSR count). The standard InChI is InChI=1S/C21H22N2O/c1-14(2)16-8-9-19-17(12-16)18-13-23(11-10-20(18)22-19)21(24)15-6-4-3-5-7-15/h3-9,12,14,22H,10-11,13H2,1-2H3. The maximum absolute atomic E-state index is 12.8. The molecule has 3 heteroatoms. The summed E-state index contributed by atoms with van der Waals surface area (Å²) in [6, 6.07) is 16.2. The fourth-order valence-corrected chi connectivity index (χ4v) is 3.53. The number of amides is 1. The normalized spacial score (nSPS) is 14.2. The summed E-state index contributed by atoms with van der Waals surface area (Å²) < 4.78 is 0. The highest BCUT2D eigenvalue weighted by atomic mass is 16.2. The van der Waals surface area contributed by atoms with Crippen molar-refractivity contribution in [3.05, 3.63) is 70.9 Å². The summed E-state index contributed by atoms with van der Waals surface area (Å²) >= 11 is 0. The Morgan fingerprint density at radius 3 is 2.67 bits per heavy atom. The van der Waals surface area contributed by atoms with Crippen molar-refractivity contribution in [2.45, 2.75) is 32.7 Å². The summed E-state index contributed by atoms with van der Waals surface area (Å²) in [6.07, 6.45) is 0.888. The SMILES string of the molecule is CC(C)c1ccc2[nH]c3c(c2c1)CN(C(=O)c1ccccc1)CC3. The van der Waals surface area contributed by atoms with E-state index in [0.717, 1.165) is 18.5 Å². The lowest BCUT2D eigenvalue weighted by molar-refractivity contribution is 0.0735. The van der Waals surface area contributed by atoms with E-state index in [1.807, 2.05) is 35.2 Å². The van der Waals surface area contributed by atoms with Crippen LogP contribution in [0.1, 0.15) is 46.9 Å². The molecule has 0 radical (unpaired) electrons. The number of fused-ring (bicyclic) bond motifs is 3. The van der Waals surface area contributed by atoms with Gasteiger partial charge in [-0.25, -0.2) is 0 Å². The van der Waals surface area contributed by atoms with Crippen LogP contribution in [0.5, 0.6) is 0 Å². The first-order chi connectivity index (χ1) is 11.6. The van der Waals surface area contributed by atoms with Crippen molar-refractivity contribution in [1.29, 1.82) is 0 Å². The van der Waals surface area contributed by atoms with E-state index >= 15 is 0 Å². The molecule has 0 atom stereocenters. The Balaban J connectivity index is 1.70. The molecule has 24 heavy (non-hydrogen) atoms. The minimum absolute atomic E-state index is 0.121. The number of carbonyl (C=O) groups excluding carboxylic acids is 1. The third-order valence-electron chi connectivity index (χ3n) is 4.97. The molecule has 1 aliphatic heterocycles. The molecule has 3 aromatic rings. The van der Waals surface area contributed by atoms with Gasteiger partial charge < -0.3 is 9.88 Å². The van der Waals surface area contributed by atoms with Crippen molar-refractivity contribution in [3.8, 4) is 0 Å². The Bertz CT molecular complexity index is 893. The first kappa shape index (κ1) is 15.0. The third kappa shape index (κ3) is 2.50. The summed E-state index contributed by atoms with van der Waals surface area (Å²) in [5.74, 6) is 0.626. The van der Waals surface area contributed by atoms with Crippen LogP contribution in [-0.4, -0.2) is 22.3 Å². The summed E-state index contributed by atoms with van der Waals surface area (Å²) in [5, 5.41) is 1.27. The van der Waals surface area contributed by atoms with Gasteiger partial charge in [-0.2, -0.15) is 0 Å². The van der Waals surface area contributed by atoms with Gasteiger partial charge in [0.2, 0.25) is 0 Å². The van der Waals surface area contributed by atoms with Crippen LogP contribution >= 0.6 is 0 Å². The van der Waals surface area contributed by atoms with Crippen LogP contribution < -0.4 is 0 Å². The second-order valence-electron chi connectivity index (χ2n) is 6.88. The zero-order chi connectivity index (χ0) is 16.7. The van der Waals surface area contributed by atoms with Gasteiger partial charge in [0.25, 0.3) is 5.91 Å². The molecule has 2 aromatic carbocycles. The maximum Gasteiger partial charge on any atom is 0.254 e. The second-order valence-corrected chi connectivity index (χ2v) is 6.88. The zero-order valence-electron chi connectivity index (χ0n) is 14.2. The molecule has 1 amide bonds. The minimum Gasteiger partial charge on any atom is -0.358 e. The second kappa shape index (κ2) is 5.82. The Kier molecular flexibility index (Phi) is 3.64. The van der Waals surface area contributed by atoms with Crippen LogP contribution in [-0.2, 0) is 13.0 Å². The van der Waals surface area contributed by atoms with Crippen LogP contribution in [0.25, 0.3) is 10.9 Å². The fraction of sp³-hybridized carbons (Fsp3) is 0.286. The molecule has 2 heterocycles. The number of benzene rings is 2. The molecular formula is C21H22N2O. The van der Waals surface area contributed by atoms with Crippen molar-refractivity contribution in [2.75, 3.05) is 6.54 Å². The van der Waals surface area contributed by atoms with E-state index in [1.54, 1.807) is 0 Å². The quantitative estimate of drug-likeness (QED) is 0.742. The van der Waals surface area contributed by atoms with E-state index in [4.69, 9.17) is 0 Å². The van der Waals surface area contributed by atoms with Gasteiger partial charge in [-0.05, 0) is 35.7 Å². The molecular weight excluding hydrogens is 296 g/mol. The van der Waals surface area contributed by atoms with E-state index < -0.39 is 0 Å². The first-order valence-corrected chi connectivity index (χ1v) is 8.61. The Hall–Kier alpha value is -2.55. The molecule has 1 aromatic heterocycles. The van der Waals surface area contributed by atoms with Crippen LogP contribution in [0.15, 0.2) is 48.5 Å². The summed E-state index contributed by atoms with van der Waals surface area (Å²) in [5.41, 5.74) is 5.85. The van der Waals surface area contributed by atoms with E-state index in [0.29, 0.717) is 12.5 Å². The van der Waals surface area contributed by atoms with E-state index in [-0.39, 0.29) is 5.91 Å². The number of H-pyrrole nitrogens is 1. The molecule has 0 aliphatic carbocycles. The Morgan fingerprint density at radius 1 is 1.12 bits per heavy atom. The van der Waals surface area contributed by atoms with Gasteiger partial charge in [-0.3, -0.25) is 4.79 Å². The lowest BCUT2D eigenvalue weighted by Gasteiger charge is -2.27. The number of aromatic amines is 1. The first-order valence-electron chi connectivity index (χ1n) is 8.61. The molecule has 0 spiro atoms. The van der Waals surface area contributed by atoms with Gasteiger partial charge in [-0.15, -0.1) is 0 Å². The van der Waals surface area contributed by atoms with Crippen LogP contribution in [0.3, 0.4) is 0 Å². The van der Waals surface area contributed by atoms with Crippen molar-refractivity contribution in [2.24, 2.45) is 0 Å². The fourth-order valence-electron chi connectivity index (χ4n) is 3.53. The van der Waals surface area contributed by atoms with Crippen molar-refractivity contribution in [3.63, 3.8) is 0 Å². The molecule has 0 saturated heterocycles. The van der Waals surface area contributed by atoms with Gasteiger partial charge in [0.1, 0.15) is 0 Å². The van der Waals surface area contributed by atoms with Crippen molar-refractivity contribution >= 4 is 16.8 Å². The average molecular weight is 318 g/mol. The predicted molar refractivity (Wildman–Crippen MR) is 97.3 cm³/mol. The predicted octanol–water partition coefficient (Wildman–Crippen LogP) is 4.49. The van der Waals surface area contributed by atoms with Crippen molar-refractivity contribution in [1.82, 2.24) is 9.88 Å². The summed E-state index contributed by atoms with van der Waals surface area (Å²) in [6.45, 7) is 5.88. The smallest absolute Gasteiger partial charge is 0.254 e. The number of hydrogen-bond donors (Lipinski definition) is 1. The van der Waals surface area contributed by atoms with Crippen LogP contribution in [0, 0.1) is 0 Å². The van der Waals surface area contributed by atoms with E-state index in [1.165, 1.54) is 27.7 Å². The summed E-state index contributed by atoms with van der Waals surface area (Å²) in [4.78, 5) is 18.3. The van der Waals surface area contributed by atoms with Crippen LogP contribution in [0.2, 0.25) is 0 Å². The highest BCUT2D eigenvalue weighted by Crippen LogP contribution is 2.30. The third-order valence-corrected chi connectivity index (χ3v) is 4.97. The van der Waals surface area contributed by atoms with Gasteiger partial charge in [-0.1, -0.05) is 38.1 Å². The number of nitrogens with one attached hydrogen (secondary N) is 1. The number of hydrogen-bond acceptors (Lipinski definition) is 1. The molecule has 0 bridgehead atoms. The zero-order valence-corrected chi connectivity index (χ0v) is 14.2. The summed E-state index contributed by atoms with van der Waals surface area (Å²) in [7, 11) is 0. The van der Waals surface area contributed by atoms with Crippen LogP contribution in [0.4, 0.5) is 0 Å². The van der Waals surface area contributed by atoms with Crippen molar-refractivity contribution < 1.29 is 4.79 Å². The lowest BCUT2D eigenvalue weighted by atomic mass is 9.98. The average Bonchev–Trinajstić information content (AvgIpc) is 2.98. The molecule has 122 valence electrons. The van der Waals surface area contributed by atoms with Gasteiger partial charge >= 0.3 is 0 Å². The number of carbonyl (C=O) groups is 1. The highest BCUT2D eigenvalue weighted by molar-refractivity contribution is 5.95. The molecule has 1 N–H and O–H groups in total. The molecule has 0 unspecified atom stereocenters. The molecule has 0 saturated carbocycles. The number of aromatic nitrogens is 1. The Morgan fingerprint density at radius 2 is 1.92 bits per heavy atom. The largest absolute Gasteiger partial charge is 0.358 e. The van der Waals surface area contributed by atoms with E-state index in [9.17, 15) is 4.79 Å². The topological polar surface area (TPSA) is 36.1 Å². The molecule has 1 aliphatic rings. The maximum atomic E-state index is 12.8. The number of nitrogens with zero attached hydrogens (tertiary/aromatic N) is 1. The number of rotatable bonds is 2. The highest BCUT2D eigenvalue weighted by Gasteiger charge is 2.24. The van der Waals surface area contributed by atoms with Gasteiger partial charge in [0, 0.05) is 47.2 Å². The van der Waals surface area contributed by atoms with Gasteiger partial charge in [0.05, 0.1) is 0 Å². The Labute approximate surface area is 142 Å².